The summed E-state index contributed by atoms with van der Waals surface area (Å²) in [6.45, 7) is 1.68. The monoisotopic (exact) mass is 272 g/mol. The van der Waals surface area contributed by atoms with Crippen LogP contribution in [0.2, 0.25) is 10.0 Å². The predicted molar refractivity (Wildman–Crippen MR) is 63.2 cm³/mol. The summed E-state index contributed by atoms with van der Waals surface area (Å²) in [6.07, 6.45) is 2.29. The number of pyridine rings is 1. The van der Waals surface area contributed by atoms with Gasteiger partial charge in [-0.2, -0.15) is 0 Å². The average molecular weight is 273 g/mol. The second-order valence-electron chi connectivity index (χ2n) is 3.39. The Morgan fingerprint density at radius 3 is 2.71 bits per heavy atom. The van der Waals surface area contributed by atoms with Crippen molar-refractivity contribution in [1.29, 1.82) is 0 Å². The van der Waals surface area contributed by atoms with Gasteiger partial charge < -0.3 is 5.11 Å². The van der Waals surface area contributed by atoms with Crippen molar-refractivity contribution >= 4 is 34.8 Å². The molecule has 0 aliphatic heterocycles. The molecule has 17 heavy (non-hydrogen) atoms. The van der Waals surface area contributed by atoms with Crippen LogP contribution in [0.4, 0.5) is 0 Å². The Morgan fingerprint density at radius 2 is 2.12 bits per heavy atom. The Hall–Kier alpha value is -1.59. The molecule has 2 aromatic heterocycles. The van der Waals surface area contributed by atoms with E-state index in [1.807, 2.05) is 0 Å². The number of nitrogens with zero attached hydrogens (tertiary/aromatic N) is 2. The van der Waals surface area contributed by atoms with E-state index in [9.17, 15) is 9.59 Å². The van der Waals surface area contributed by atoms with Gasteiger partial charge in [-0.1, -0.05) is 23.2 Å². The van der Waals surface area contributed by atoms with Crippen LogP contribution >= 0.6 is 23.2 Å². The number of carboxylic acids is 1. The van der Waals surface area contributed by atoms with Gasteiger partial charge in [-0.05, 0) is 12.5 Å². The summed E-state index contributed by atoms with van der Waals surface area (Å²) >= 11 is 11.9. The molecule has 0 aliphatic rings. The van der Waals surface area contributed by atoms with Gasteiger partial charge in [0.05, 0.1) is 10.0 Å². The molecule has 0 atom stereocenters. The molecular formula is C10H6Cl2N2O3. The fraction of sp³-hybridized carbons (Fsp3) is 0.100. The normalized spacial score (nSPS) is 10.8. The number of carboxylic acid groups (broad SMARTS) is 1. The van der Waals surface area contributed by atoms with Gasteiger partial charge in [-0.25, -0.2) is 9.78 Å². The molecular weight excluding hydrogens is 267 g/mol. The van der Waals surface area contributed by atoms with E-state index in [-0.39, 0.29) is 15.7 Å². The number of aromatic nitrogens is 2. The van der Waals surface area contributed by atoms with Gasteiger partial charge in [-0.3, -0.25) is 9.20 Å². The van der Waals surface area contributed by atoms with Crippen LogP contribution in [0.15, 0.2) is 17.2 Å². The van der Waals surface area contributed by atoms with Crippen molar-refractivity contribution in [2.24, 2.45) is 0 Å². The molecule has 1 N–H and O–H groups in total. The first kappa shape index (κ1) is 11.9. The van der Waals surface area contributed by atoms with Gasteiger partial charge in [0.25, 0.3) is 5.56 Å². The Balaban J connectivity index is 2.98. The SMILES string of the molecule is Cc1c(Cl)cn2c(=O)c(C(=O)O)cnc2c1Cl. The lowest BCUT2D eigenvalue weighted by Crippen LogP contribution is -2.23. The smallest absolute Gasteiger partial charge is 0.342 e. The number of carbonyl (C=O) groups is 1. The summed E-state index contributed by atoms with van der Waals surface area (Å²) in [5, 5.41) is 9.30. The molecule has 0 radical (unpaired) electrons. The summed E-state index contributed by atoms with van der Waals surface area (Å²) in [5.41, 5.74) is -0.378. The van der Waals surface area contributed by atoms with Crippen molar-refractivity contribution in [3.05, 3.63) is 43.9 Å². The predicted octanol–water partition coefficient (Wildman–Crippen LogP) is 2.01. The number of hydrogen-bond acceptors (Lipinski definition) is 3. The zero-order valence-corrected chi connectivity index (χ0v) is 10.1. The molecule has 0 spiro atoms. The lowest BCUT2D eigenvalue weighted by Gasteiger charge is -2.07. The van der Waals surface area contributed by atoms with Gasteiger partial charge in [-0.15, -0.1) is 0 Å². The Morgan fingerprint density at radius 1 is 1.47 bits per heavy atom. The summed E-state index contributed by atoms with van der Waals surface area (Å²) < 4.78 is 1.03. The minimum absolute atomic E-state index is 0.184. The molecule has 0 amide bonds. The van der Waals surface area contributed by atoms with Crippen LogP contribution in [0.5, 0.6) is 0 Å². The topological polar surface area (TPSA) is 71.7 Å². The minimum atomic E-state index is -1.34. The molecule has 2 rings (SSSR count). The molecule has 88 valence electrons. The van der Waals surface area contributed by atoms with E-state index in [4.69, 9.17) is 28.3 Å². The standard InChI is InChI=1S/C10H6Cl2N2O3/c1-4-6(11)3-14-8(7(4)12)13-2-5(9(14)15)10(16)17/h2-3H,1H3,(H,16,17). The van der Waals surface area contributed by atoms with Crippen LogP contribution in [0.25, 0.3) is 5.65 Å². The summed E-state index contributed by atoms with van der Waals surface area (Å²) in [5.74, 6) is -1.34. The highest BCUT2D eigenvalue weighted by Gasteiger charge is 2.15. The molecule has 2 aromatic rings. The highest BCUT2D eigenvalue weighted by atomic mass is 35.5. The van der Waals surface area contributed by atoms with Crippen molar-refractivity contribution < 1.29 is 9.90 Å². The molecule has 5 nitrogen and oxygen atoms in total. The maximum atomic E-state index is 11.8. The van der Waals surface area contributed by atoms with Crippen molar-refractivity contribution in [3.63, 3.8) is 0 Å². The quantitative estimate of drug-likeness (QED) is 0.862. The summed E-state index contributed by atoms with van der Waals surface area (Å²) in [4.78, 5) is 26.4. The summed E-state index contributed by atoms with van der Waals surface area (Å²) in [7, 11) is 0. The van der Waals surface area contributed by atoms with Crippen molar-refractivity contribution in [3.8, 4) is 0 Å². The molecule has 7 heteroatoms. The van der Waals surface area contributed by atoms with Crippen LogP contribution in [0.3, 0.4) is 0 Å². The van der Waals surface area contributed by atoms with E-state index in [1.54, 1.807) is 6.92 Å². The number of halogens is 2. The molecule has 0 fully saturated rings. The Bertz CT molecular complexity index is 694. The zero-order valence-electron chi connectivity index (χ0n) is 8.57. The van der Waals surface area contributed by atoms with E-state index >= 15 is 0 Å². The highest BCUT2D eigenvalue weighted by Crippen LogP contribution is 2.25. The summed E-state index contributed by atoms with van der Waals surface area (Å²) in [6, 6.07) is 0. The van der Waals surface area contributed by atoms with E-state index in [0.717, 1.165) is 10.6 Å². The third kappa shape index (κ3) is 1.77. The molecule has 0 bridgehead atoms. The van der Waals surface area contributed by atoms with Crippen LogP contribution in [-0.4, -0.2) is 20.5 Å². The van der Waals surface area contributed by atoms with Gasteiger partial charge in [0.15, 0.2) is 5.65 Å². The number of hydrogen-bond donors (Lipinski definition) is 1. The second kappa shape index (κ2) is 4.01. The number of aromatic carboxylic acids is 1. The lowest BCUT2D eigenvalue weighted by atomic mass is 10.2. The molecule has 0 saturated heterocycles. The van der Waals surface area contributed by atoms with Gasteiger partial charge in [0, 0.05) is 12.4 Å². The molecule has 0 unspecified atom stereocenters. The first-order valence-electron chi connectivity index (χ1n) is 4.52. The van der Waals surface area contributed by atoms with Crippen molar-refractivity contribution in [2.75, 3.05) is 0 Å². The molecule has 0 aliphatic carbocycles. The second-order valence-corrected chi connectivity index (χ2v) is 4.18. The maximum absolute atomic E-state index is 11.8. The van der Waals surface area contributed by atoms with E-state index in [1.165, 1.54) is 6.20 Å². The van der Waals surface area contributed by atoms with Crippen molar-refractivity contribution in [2.45, 2.75) is 6.92 Å². The third-order valence-corrected chi connectivity index (χ3v) is 3.18. The van der Waals surface area contributed by atoms with Gasteiger partial charge in [0.1, 0.15) is 5.56 Å². The van der Waals surface area contributed by atoms with Crippen LogP contribution in [0, 0.1) is 6.92 Å². The molecule has 0 aromatic carbocycles. The fourth-order valence-electron chi connectivity index (χ4n) is 1.38. The van der Waals surface area contributed by atoms with Gasteiger partial charge >= 0.3 is 5.97 Å². The van der Waals surface area contributed by atoms with Gasteiger partial charge in [0.2, 0.25) is 0 Å². The van der Waals surface area contributed by atoms with E-state index < -0.39 is 17.1 Å². The third-order valence-electron chi connectivity index (χ3n) is 2.35. The van der Waals surface area contributed by atoms with Crippen molar-refractivity contribution in [1.82, 2.24) is 9.38 Å². The average Bonchev–Trinajstić information content (AvgIpc) is 2.27. The minimum Gasteiger partial charge on any atom is -0.477 e. The van der Waals surface area contributed by atoms with E-state index in [0.29, 0.717) is 5.56 Å². The number of rotatable bonds is 1. The Kier molecular flexibility index (Phi) is 2.81. The first-order chi connectivity index (χ1) is 7.93. The number of fused-ring (bicyclic) bond motifs is 1. The molecule has 2 heterocycles. The highest BCUT2D eigenvalue weighted by molar-refractivity contribution is 6.37. The zero-order chi connectivity index (χ0) is 12.7. The maximum Gasteiger partial charge on any atom is 0.342 e. The van der Waals surface area contributed by atoms with Crippen LogP contribution < -0.4 is 5.56 Å². The first-order valence-corrected chi connectivity index (χ1v) is 5.28. The van der Waals surface area contributed by atoms with Crippen LogP contribution in [0.1, 0.15) is 15.9 Å². The lowest BCUT2D eigenvalue weighted by molar-refractivity contribution is 0.0694. The van der Waals surface area contributed by atoms with Crippen LogP contribution in [-0.2, 0) is 0 Å². The molecule has 0 saturated carbocycles. The Labute approximate surface area is 105 Å². The van der Waals surface area contributed by atoms with E-state index in [2.05, 4.69) is 4.98 Å². The largest absolute Gasteiger partial charge is 0.477 e. The fourth-order valence-corrected chi connectivity index (χ4v) is 1.86.